The molecule has 4 rings (SSSR count). The van der Waals surface area contributed by atoms with Crippen LogP contribution in [-0.2, 0) is 0 Å². The zero-order valence-corrected chi connectivity index (χ0v) is 14.5. The first-order valence-corrected chi connectivity index (χ1v) is 8.62. The summed E-state index contributed by atoms with van der Waals surface area (Å²) in [5, 5.41) is 7.28. The van der Waals surface area contributed by atoms with Crippen molar-refractivity contribution < 1.29 is 4.79 Å². The molecule has 4 heterocycles. The number of aromatic nitrogens is 4. The summed E-state index contributed by atoms with van der Waals surface area (Å²) in [5.41, 5.74) is 3.66. The number of nitrogens with one attached hydrogen (secondary N) is 1. The third kappa shape index (κ3) is 2.97. The minimum absolute atomic E-state index is 0.149. The van der Waals surface area contributed by atoms with Crippen LogP contribution in [0.2, 0.25) is 0 Å². The number of carbonyl (C=O) groups excluding carboxylic acids is 1. The Hall–Kier alpha value is -3.41. The molecule has 0 fully saturated rings. The summed E-state index contributed by atoms with van der Waals surface area (Å²) in [4.78, 5) is 16.2. The topological polar surface area (TPSA) is 64.2 Å². The fourth-order valence-electron chi connectivity index (χ4n) is 2.89. The number of carbonyl (C=O) groups is 1. The second kappa shape index (κ2) is 6.84. The first-order valence-electron chi connectivity index (χ1n) is 8.62. The summed E-state index contributed by atoms with van der Waals surface area (Å²) < 4.78 is 3.79. The maximum absolute atomic E-state index is 12.1. The van der Waals surface area contributed by atoms with Gasteiger partial charge in [0.15, 0.2) is 5.69 Å². The highest BCUT2D eigenvalue weighted by molar-refractivity contribution is 5.92. The second-order valence-corrected chi connectivity index (χ2v) is 6.04. The first kappa shape index (κ1) is 16.1. The van der Waals surface area contributed by atoms with Gasteiger partial charge in [-0.2, -0.15) is 5.10 Å². The van der Waals surface area contributed by atoms with Gasteiger partial charge in [-0.25, -0.2) is 4.68 Å². The zero-order chi connectivity index (χ0) is 17.9. The van der Waals surface area contributed by atoms with Gasteiger partial charge in [-0.05, 0) is 53.9 Å². The number of hydrogen-bond acceptors (Lipinski definition) is 3. The third-order valence-electron chi connectivity index (χ3n) is 4.24. The van der Waals surface area contributed by atoms with Crippen LogP contribution in [0, 0.1) is 0 Å². The molecule has 1 amide bonds. The minimum atomic E-state index is -0.149. The van der Waals surface area contributed by atoms with Crippen molar-refractivity contribution in [1.82, 2.24) is 24.5 Å². The van der Waals surface area contributed by atoms with Gasteiger partial charge in [0.2, 0.25) is 0 Å². The van der Waals surface area contributed by atoms with E-state index in [1.165, 1.54) is 0 Å². The molecule has 26 heavy (non-hydrogen) atoms. The van der Waals surface area contributed by atoms with Crippen LogP contribution in [0.1, 0.15) is 23.8 Å². The number of pyridine rings is 2. The van der Waals surface area contributed by atoms with Crippen molar-refractivity contribution in [3.05, 3.63) is 72.9 Å². The van der Waals surface area contributed by atoms with E-state index in [2.05, 4.69) is 38.1 Å². The van der Waals surface area contributed by atoms with Crippen molar-refractivity contribution in [2.45, 2.75) is 13.3 Å². The maximum atomic E-state index is 12.1. The quantitative estimate of drug-likeness (QED) is 0.603. The first-order chi connectivity index (χ1) is 12.8. The fraction of sp³-hybridized carbons (Fsp3) is 0.150. The number of fused-ring (bicyclic) bond motifs is 1. The molecule has 6 heteroatoms. The lowest BCUT2D eigenvalue weighted by molar-refractivity contribution is 0.0948. The van der Waals surface area contributed by atoms with Crippen LogP contribution in [-0.4, -0.2) is 31.6 Å². The van der Waals surface area contributed by atoms with E-state index in [0.717, 1.165) is 28.9 Å². The lowest BCUT2D eigenvalue weighted by atomic mass is 10.1. The molecule has 130 valence electrons. The van der Waals surface area contributed by atoms with Crippen molar-refractivity contribution in [2.24, 2.45) is 0 Å². The standard InChI is InChI=1S/C20H19N5O/c1-2-10-22-20(26)18-9-13-25(23-18)19-6-5-17-4-3-16(14-24(17)19)15-7-11-21-12-8-15/h3-9,11-14H,2,10H2,1H3,(H,22,26). The van der Waals surface area contributed by atoms with Crippen LogP contribution in [0.3, 0.4) is 0 Å². The van der Waals surface area contributed by atoms with Gasteiger partial charge >= 0.3 is 0 Å². The Bertz CT molecular complexity index is 1050. The highest BCUT2D eigenvalue weighted by Crippen LogP contribution is 2.22. The van der Waals surface area contributed by atoms with E-state index in [4.69, 9.17) is 0 Å². The fourth-order valence-corrected chi connectivity index (χ4v) is 2.89. The monoisotopic (exact) mass is 345 g/mol. The predicted molar refractivity (Wildman–Crippen MR) is 100 cm³/mol. The average molecular weight is 345 g/mol. The predicted octanol–water partition coefficient (Wildman–Crippen LogP) is 3.33. The summed E-state index contributed by atoms with van der Waals surface area (Å²) in [5.74, 6) is 0.731. The minimum Gasteiger partial charge on any atom is -0.351 e. The van der Waals surface area contributed by atoms with Crippen LogP contribution in [0.15, 0.2) is 67.3 Å². The Morgan fingerprint density at radius 3 is 2.65 bits per heavy atom. The number of rotatable bonds is 5. The number of nitrogens with zero attached hydrogens (tertiary/aromatic N) is 4. The van der Waals surface area contributed by atoms with Crippen molar-refractivity contribution in [3.8, 4) is 16.9 Å². The highest BCUT2D eigenvalue weighted by Gasteiger charge is 2.11. The van der Waals surface area contributed by atoms with Crippen LogP contribution >= 0.6 is 0 Å². The van der Waals surface area contributed by atoms with E-state index < -0.39 is 0 Å². The highest BCUT2D eigenvalue weighted by atomic mass is 16.1. The molecule has 0 radical (unpaired) electrons. The summed E-state index contributed by atoms with van der Waals surface area (Å²) in [7, 11) is 0. The molecule has 4 aromatic rings. The van der Waals surface area contributed by atoms with E-state index in [1.54, 1.807) is 23.1 Å². The van der Waals surface area contributed by atoms with Gasteiger partial charge in [0.1, 0.15) is 5.82 Å². The van der Waals surface area contributed by atoms with E-state index in [9.17, 15) is 4.79 Å². The third-order valence-corrected chi connectivity index (χ3v) is 4.24. The molecule has 0 spiro atoms. The largest absolute Gasteiger partial charge is 0.351 e. The number of hydrogen-bond donors (Lipinski definition) is 1. The molecule has 0 saturated carbocycles. The average Bonchev–Trinajstić information content (AvgIpc) is 3.33. The Labute approximate surface area is 151 Å². The van der Waals surface area contributed by atoms with Crippen LogP contribution < -0.4 is 5.32 Å². The smallest absolute Gasteiger partial charge is 0.271 e. The summed E-state index contributed by atoms with van der Waals surface area (Å²) in [6.07, 6.45) is 8.34. The lowest BCUT2D eigenvalue weighted by Gasteiger charge is -2.07. The maximum Gasteiger partial charge on any atom is 0.271 e. The van der Waals surface area contributed by atoms with E-state index >= 15 is 0 Å². The molecule has 0 atom stereocenters. The van der Waals surface area contributed by atoms with Gasteiger partial charge in [0.25, 0.3) is 5.91 Å². The van der Waals surface area contributed by atoms with Gasteiger partial charge < -0.3 is 9.72 Å². The van der Waals surface area contributed by atoms with Crippen LogP contribution in [0.25, 0.3) is 22.5 Å². The van der Waals surface area contributed by atoms with Gasteiger partial charge in [-0.3, -0.25) is 9.78 Å². The summed E-state index contributed by atoms with van der Waals surface area (Å²) >= 11 is 0. The number of amides is 1. The molecule has 1 N–H and O–H groups in total. The molecule has 0 aliphatic carbocycles. The molecule has 0 aliphatic heterocycles. The second-order valence-electron chi connectivity index (χ2n) is 6.04. The molecule has 6 nitrogen and oxygen atoms in total. The Kier molecular flexibility index (Phi) is 4.23. The molecule has 0 aromatic carbocycles. The van der Waals surface area contributed by atoms with Crippen molar-refractivity contribution >= 4 is 11.4 Å². The summed E-state index contributed by atoms with van der Waals surface area (Å²) in [6, 6.07) is 13.9. The zero-order valence-electron chi connectivity index (χ0n) is 14.5. The van der Waals surface area contributed by atoms with E-state index in [1.807, 2.05) is 37.4 Å². The molecular formula is C20H19N5O. The molecule has 0 bridgehead atoms. The molecular weight excluding hydrogens is 326 g/mol. The molecule has 0 aliphatic rings. The van der Waals surface area contributed by atoms with E-state index in [0.29, 0.717) is 12.2 Å². The molecule has 0 saturated heterocycles. The normalized spacial score (nSPS) is 11.0. The molecule has 0 unspecified atom stereocenters. The van der Waals surface area contributed by atoms with Crippen LogP contribution in [0.4, 0.5) is 0 Å². The van der Waals surface area contributed by atoms with Crippen molar-refractivity contribution in [2.75, 3.05) is 6.54 Å². The van der Waals surface area contributed by atoms with Gasteiger partial charge in [0, 0.05) is 36.8 Å². The lowest BCUT2D eigenvalue weighted by Crippen LogP contribution is -2.24. The SMILES string of the molecule is CCCNC(=O)c1ccn(-c2ccc3ccc(-c4ccncc4)cn23)n1. The van der Waals surface area contributed by atoms with Crippen molar-refractivity contribution in [3.63, 3.8) is 0 Å². The Morgan fingerprint density at radius 1 is 1.04 bits per heavy atom. The van der Waals surface area contributed by atoms with Crippen LogP contribution in [0.5, 0.6) is 0 Å². The van der Waals surface area contributed by atoms with Gasteiger partial charge in [-0.1, -0.05) is 13.0 Å². The van der Waals surface area contributed by atoms with Crippen molar-refractivity contribution in [1.29, 1.82) is 0 Å². The summed E-state index contributed by atoms with van der Waals surface area (Å²) in [6.45, 7) is 2.67. The van der Waals surface area contributed by atoms with Gasteiger partial charge in [-0.15, -0.1) is 0 Å². The Balaban J connectivity index is 1.71. The molecule has 4 aromatic heterocycles. The van der Waals surface area contributed by atoms with E-state index in [-0.39, 0.29) is 5.91 Å². The van der Waals surface area contributed by atoms with Gasteiger partial charge in [0.05, 0.1) is 0 Å². The Morgan fingerprint density at radius 2 is 1.85 bits per heavy atom.